The first-order valence-electron chi connectivity index (χ1n) is 8.40. The Kier molecular flexibility index (Phi) is 4.66. The molecule has 1 saturated carbocycles. The van der Waals surface area contributed by atoms with Crippen molar-refractivity contribution in [2.75, 3.05) is 6.54 Å². The SMILES string of the molecule is Cn1cnc(-c2ccc(C(=O)NCC3(C)CCCCC3O)cc2)n1. The van der Waals surface area contributed by atoms with Crippen LogP contribution in [0.2, 0.25) is 0 Å². The molecule has 1 aromatic heterocycles. The van der Waals surface area contributed by atoms with Gasteiger partial charge in [0.25, 0.3) is 5.91 Å². The fourth-order valence-electron chi connectivity index (χ4n) is 3.21. The van der Waals surface area contributed by atoms with Gasteiger partial charge in [-0.15, -0.1) is 0 Å². The summed E-state index contributed by atoms with van der Waals surface area (Å²) >= 11 is 0. The molecule has 0 radical (unpaired) electrons. The lowest BCUT2D eigenvalue weighted by atomic mass is 9.73. The number of carbonyl (C=O) groups is 1. The summed E-state index contributed by atoms with van der Waals surface area (Å²) in [4.78, 5) is 16.6. The molecule has 128 valence electrons. The fraction of sp³-hybridized carbons (Fsp3) is 0.500. The van der Waals surface area contributed by atoms with E-state index in [2.05, 4.69) is 15.4 Å². The highest BCUT2D eigenvalue weighted by molar-refractivity contribution is 5.94. The van der Waals surface area contributed by atoms with E-state index < -0.39 is 0 Å². The summed E-state index contributed by atoms with van der Waals surface area (Å²) in [5.41, 5.74) is 1.25. The van der Waals surface area contributed by atoms with Gasteiger partial charge in [-0.3, -0.25) is 9.48 Å². The first-order valence-corrected chi connectivity index (χ1v) is 8.40. The van der Waals surface area contributed by atoms with Crippen LogP contribution in [0.15, 0.2) is 30.6 Å². The molecule has 0 aliphatic heterocycles. The van der Waals surface area contributed by atoms with Crippen LogP contribution < -0.4 is 5.32 Å². The minimum Gasteiger partial charge on any atom is -0.392 e. The van der Waals surface area contributed by atoms with Crippen molar-refractivity contribution in [3.05, 3.63) is 36.2 Å². The Bertz CT molecular complexity index is 710. The molecule has 0 spiro atoms. The highest BCUT2D eigenvalue weighted by Gasteiger charge is 2.35. The Labute approximate surface area is 141 Å². The van der Waals surface area contributed by atoms with E-state index in [-0.39, 0.29) is 17.4 Å². The van der Waals surface area contributed by atoms with E-state index in [1.807, 2.05) is 26.1 Å². The maximum atomic E-state index is 12.4. The summed E-state index contributed by atoms with van der Waals surface area (Å²) < 4.78 is 1.64. The predicted octanol–water partition coefficient (Wildman–Crippen LogP) is 2.15. The molecule has 2 unspecified atom stereocenters. The maximum Gasteiger partial charge on any atom is 0.251 e. The van der Waals surface area contributed by atoms with Crippen molar-refractivity contribution in [1.82, 2.24) is 20.1 Å². The topological polar surface area (TPSA) is 80.0 Å². The molecular weight excluding hydrogens is 304 g/mol. The molecular formula is C18H24N4O2. The molecule has 1 aliphatic rings. The molecule has 6 heteroatoms. The number of rotatable bonds is 4. The number of nitrogens with zero attached hydrogens (tertiary/aromatic N) is 3. The van der Waals surface area contributed by atoms with E-state index in [1.54, 1.807) is 23.1 Å². The number of hydrogen-bond donors (Lipinski definition) is 2. The first kappa shape index (κ1) is 16.6. The summed E-state index contributed by atoms with van der Waals surface area (Å²) in [6, 6.07) is 7.25. The van der Waals surface area contributed by atoms with E-state index >= 15 is 0 Å². The molecule has 0 bridgehead atoms. The highest BCUT2D eigenvalue weighted by Crippen LogP contribution is 2.35. The van der Waals surface area contributed by atoms with Crippen LogP contribution in [0.1, 0.15) is 43.0 Å². The minimum absolute atomic E-state index is 0.116. The van der Waals surface area contributed by atoms with Gasteiger partial charge < -0.3 is 10.4 Å². The van der Waals surface area contributed by atoms with Crippen LogP contribution in [0.5, 0.6) is 0 Å². The van der Waals surface area contributed by atoms with E-state index in [0.717, 1.165) is 31.2 Å². The zero-order valence-electron chi connectivity index (χ0n) is 14.2. The first-order chi connectivity index (χ1) is 11.5. The third-order valence-corrected chi connectivity index (χ3v) is 4.94. The number of aromatic nitrogens is 3. The largest absolute Gasteiger partial charge is 0.392 e. The molecule has 1 aliphatic carbocycles. The van der Waals surface area contributed by atoms with Crippen LogP contribution in [-0.2, 0) is 7.05 Å². The van der Waals surface area contributed by atoms with Crippen LogP contribution in [0.4, 0.5) is 0 Å². The zero-order valence-corrected chi connectivity index (χ0v) is 14.2. The third-order valence-electron chi connectivity index (χ3n) is 4.94. The number of nitrogens with one attached hydrogen (secondary N) is 1. The molecule has 3 rings (SSSR count). The molecule has 0 saturated heterocycles. The minimum atomic E-state index is -0.343. The average Bonchev–Trinajstić information content (AvgIpc) is 3.02. The Hall–Kier alpha value is -2.21. The molecule has 2 atom stereocenters. The molecule has 2 aromatic rings. The van der Waals surface area contributed by atoms with Crippen LogP contribution in [0.25, 0.3) is 11.4 Å². The Balaban J connectivity index is 1.63. The number of aliphatic hydroxyl groups excluding tert-OH is 1. The van der Waals surface area contributed by atoms with Gasteiger partial charge in [0, 0.05) is 30.1 Å². The van der Waals surface area contributed by atoms with Crippen LogP contribution >= 0.6 is 0 Å². The van der Waals surface area contributed by atoms with Crippen LogP contribution in [0, 0.1) is 5.41 Å². The van der Waals surface area contributed by atoms with E-state index in [9.17, 15) is 9.90 Å². The number of amides is 1. The van der Waals surface area contributed by atoms with Gasteiger partial charge in [0.15, 0.2) is 5.82 Å². The van der Waals surface area contributed by atoms with Crippen molar-refractivity contribution in [2.24, 2.45) is 12.5 Å². The van der Waals surface area contributed by atoms with Crippen molar-refractivity contribution in [3.63, 3.8) is 0 Å². The summed E-state index contributed by atoms with van der Waals surface area (Å²) in [5, 5.41) is 17.4. The molecule has 1 fully saturated rings. The van der Waals surface area contributed by atoms with E-state index in [1.165, 1.54) is 0 Å². The lowest BCUT2D eigenvalue weighted by Crippen LogP contribution is -2.45. The van der Waals surface area contributed by atoms with Crippen molar-refractivity contribution in [1.29, 1.82) is 0 Å². The Morgan fingerprint density at radius 2 is 2.12 bits per heavy atom. The van der Waals surface area contributed by atoms with Gasteiger partial charge in [0.05, 0.1) is 6.10 Å². The summed E-state index contributed by atoms with van der Waals surface area (Å²) in [6.07, 6.45) is 5.23. The predicted molar refractivity (Wildman–Crippen MR) is 91.4 cm³/mol. The van der Waals surface area contributed by atoms with E-state index in [4.69, 9.17) is 0 Å². The monoisotopic (exact) mass is 328 g/mol. The lowest BCUT2D eigenvalue weighted by Gasteiger charge is -2.38. The van der Waals surface area contributed by atoms with Gasteiger partial charge in [-0.05, 0) is 25.0 Å². The van der Waals surface area contributed by atoms with Crippen molar-refractivity contribution in [3.8, 4) is 11.4 Å². The van der Waals surface area contributed by atoms with Gasteiger partial charge in [-0.1, -0.05) is 31.9 Å². The number of hydrogen-bond acceptors (Lipinski definition) is 4. The summed E-state index contributed by atoms with van der Waals surface area (Å²) in [6.45, 7) is 2.55. The van der Waals surface area contributed by atoms with Gasteiger partial charge in [0.1, 0.15) is 6.33 Å². The van der Waals surface area contributed by atoms with Gasteiger partial charge >= 0.3 is 0 Å². The number of aliphatic hydroxyl groups is 1. The smallest absolute Gasteiger partial charge is 0.251 e. The van der Waals surface area contributed by atoms with Gasteiger partial charge in [-0.25, -0.2) is 4.98 Å². The maximum absolute atomic E-state index is 12.4. The summed E-state index contributed by atoms with van der Waals surface area (Å²) in [7, 11) is 1.82. The Morgan fingerprint density at radius 1 is 1.38 bits per heavy atom. The van der Waals surface area contributed by atoms with Gasteiger partial charge in [-0.2, -0.15) is 5.10 Å². The number of benzene rings is 1. The lowest BCUT2D eigenvalue weighted by molar-refractivity contribution is 0.00190. The van der Waals surface area contributed by atoms with Gasteiger partial charge in [0.2, 0.25) is 0 Å². The zero-order chi connectivity index (χ0) is 17.2. The quantitative estimate of drug-likeness (QED) is 0.901. The summed E-state index contributed by atoms with van der Waals surface area (Å²) in [5.74, 6) is 0.525. The number of aryl methyl sites for hydroxylation is 1. The fourth-order valence-corrected chi connectivity index (χ4v) is 3.21. The van der Waals surface area contributed by atoms with Crippen molar-refractivity contribution < 1.29 is 9.90 Å². The second kappa shape index (κ2) is 6.73. The number of carbonyl (C=O) groups excluding carboxylic acids is 1. The molecule has 1 aromatic carbocycles. The second-order valence-electron chi connectivity index (χ2n) is 6.92. The molecule has 1 heterocycles. The van der Waals surface area contributed by atoms with Crippen LogP contribution in [0.3, 0.4) is 0 Å². The standard InChI is InChI=1S/C18H24N4O2/c1-18(10-4-3-5-15(18)23)11-19-17(24)14-8-6-13(7-9-14)16-20-12-22(2)21-16/h6-9,12,15,23H,3-5,10-11H2,1-2H3,(H,19,24). The average molecular weight is 328 g/mol. The molecule has 24 heavy (non-hydrogen) atoms. The molecule has 2 N–H and O–H groups in total. The molecule has 6 nitrogen and oxygen atoms in total. The third kappa shape index (κ3) is 3.48. The normalized spacial score (nSPS) is 23.9. The molecule has 1 amide bonds. The highest BCUT2D eigenvalue weighted by atomic mass is 16.3. The van der Waals surface area contributed by atoms with E-state index in [0.29, 0.717) is 17.9 Å². The Morgan fingerprint density at radius 3 is 2.75 bits per heavy atom. The van der Waals surface area contributed by atoms with Crippen molar-refractivity contribution in [2.45, 2.75) is 38.7 Å². The van der Waals surface area contributed by atoms with Crippen molar-refractivity contribution >= 4 is 5.91 Å². The van der Waals surface area contributed by atoms with Crippen LogP contribution in [-0.4, -0.2) is 38.4 Å². The second-order valence-corrected chi connectivity index (χ2v) is 6.92.